The van der Waals surface area contributed by atoms with Crippen LogP contribution in [0.3, 0.4) is 0 Å². The van der Waals surface area contributed by atoms with E-state index in [-0.39, 0.29) is 30.9 Å². The second-order valence-corrected chi connectivity index (χ2v) is 7.15. The SMILES string of the molecule is C[C@@H](NC(=O)COC(=O)CCCc1c[nH]c2ccccc12)c1ccc(Cl)cc1. The smallest absolute Gasteiger partial charge is 0.306 e. The fourth-order valence-electron chi connectivity index (χ4n) is 3.10. The number of hydrogen-bond acceptors (Lipinski definition) is 3. The van der Waals surface area contributed by atoms with Crippen molar-refractivity contribution in [2.75, 3.05) is 6.61 Å². The summed E-state index contributed by atoms with van der Waals surface area (Å²) >= 11 is 5.86. The summed E-state index contributed by atoms with van der Waals surface area (Å²) in [6.45, 7) is 1.59. The van der Waals surface area contributed by atoms with Gasteiger partial charge < -0.3 is 15.0 Å². The highest BCUT2D eigenvalue weighted by Gasteiger charge is 2.12. The first-order chi connectivity index (χ1) is 13.5. The van der Waals surface area contributed by atoms with Crippen molar-refractivity contribution in [3.63, 3.8) is 0 Å². The minimum Gasteiger partial charge on any atom is -0.456 e. The number of aromatic nitrogens is 1. The maximum atomic E-state index is 12.0. The highest BCUT2D eigenvalue weighted by Crippen LogP contribution is 2.19. The average Bonchev–Trinajstić information content (AvgIpc) is 3.10. The Balaban J connectivity index is 1.38. The van der Waals surface area contributed by atoms with Gasteiger partial charge in [-0.2, -0.15) is 0 Å². The predicted molar refractivity (Wildman–Crippen MR) is 110 cm³/mol. The van der Waals surface area contributed by atoms with E-state index in [2.05, 4.69) is 16.4 Å². The molecule has 2 aromatic carbocycles. The van der Waals surface area contributed by atoms with Gasteiger partial charge in [-0.05, 0) is 49.1 Å². The number of benzene rings is 2. The molecule has 2 N–H and O–H groups in total. The molecule has 3 aromatic rings. The molecule has 0 aliphatic rings. The number of nitrogens with one attached hydrogen (secondary N) is 2. The third-order valence-corrected chi connectivity index (χ3v) is 4.87. The Kier molecular flexibility index (Phi) is 6.71. The molecule has 0 radical (unpaired) electrons. The molecule has 1 aromatic heterocycles. The number of fused-ring (bicyclic) bond motifs is 1. The molecule has 0 saturated carbocycles. The lowest BCUT2D eigenvalue weighted by Gasteiger charge is -2.14. The number of ether oxygens (including phenoxy) is 1. The van der Waals surface area contributed by atoms with Crippen molar-refractivity contribution in [3.05, 3.63) is 70.9 Å². The zero-order valence-electron chi connectivity index (χ0n) is 15.7. The normalized spacial score (nSPS) is 11.9. The van der Waals surface area contributed by atoms with Crippen LogP contribution in [0.25, 0.3) is 10.9 Å². The first kappa shape index (κ1) is 20.0. The van der Waals surface area contributed by atoms with Gasteiger partial charge in [-0.1, -0.05) is 41.9 Å². The molecule has 1 atom stereocenters. The molecule has 0 aliphatic heterocycles. The van der Waals surface area contributed by atoms with Crippen LogP contribution < -0.4 is 5.32 Å². The van der Waals surface area contributed by atoms with Gasteiger partial charge >= 0.3 is 5.97 Å². The van der Waals surface area contributed by atoms with Crippen molar-refractivity contribution >= 4 is 34.4 Å². The van der Waals surface area contributed by atoms with E-state index in [0.717, 1.165) is 17.5 Å². The van der Waals surface area contributed by atoms with Crippen LogP contribution >= 0.6 is 11.6 Å². The van der Waals surface area contributed by atoms with Gasteiger partial charge in [0, 0.05) is 28.5 Å². The molecule has 146 valence electrons. The van der Waals surface area contributed by atoms with Gasteiger partial charge in [0.15, 0.2) is 6.61 Å². The Morgan fingerprint density at radius 2 is 1.89 bits per heavy atom. The van der Waals surface area contributed by atoms with E-state index in [0.29, 0.717) is 11.4 Å². The van der Waals surface area contributed by atoms with E-state index in [1.165, 1.54) is 10.9 Å². The summed E-state index contributed by atoms with van der Waals surface area (Å²) in [7, 11) is 0. The van der Waals surface area contributed by atoms with Gasteiger partial charge in [-0.15, -0.1) is 0 Å². The Morgan fingerprint density at radius 3 is 2.68 bits per heavy atom. The lowest BCUT2D eigenvalue weighted by atomic mass is 10.1. The largest absolute Gasteiger partial charge is 0.456 e. The molecule has 0 bridgehead atoms. The predicted octanol–water partition coefficient (Wildman–Crippen LogP) is 4.56. The summed E-state index contributed by atoms with van der Waals surface area (Å²) in [6.07, 6.45) is 3.70. The molecule has 28 heavy (non-hydrogen) atoms. The topological polar surface area (TPSA) is 71.2 Å². The molecular formula is C22H23ClN2O3. The van der Waals surface area contributed by atoms with E-state index >= 15 is 0 Å². The number of carbonyl (C=O) groups is 2. The molecule has 0 fully saturated rings. The average molecular weight is 399 g/mol. The number of amides is 1. The van der Waals surface area contributed by atoms with Crippen molar-refractivity contribution in [1.29, 1.82) is 0 Å². The zero-order chi connectivity index (χ0) is 19.9. The Morgan fingerprint density at radius 1 is 1.14 bits per heavy atom. The number of esters is 1. The van der Waals surface area contributed by atoms with E-state index in [9.17, 15) is 9.59 Å². The number of aryl methyl sites for hydroxylation is 1. The van der Waals surface area contributed by atoms with Crippen LogP contribution in [0.1, 0.15) is 36.9 Å². The van der Waals surface area contributed by atoms with Crippen LogP contribution in [0.15, 0.2) is 54.7 Å². The molecule has 0 aliphatic carbocycles. The van der Waals surface area contributed by atoms with Crippen LogP contribution in [0.5, 0.6) is 0 Å². The van der Waals surface area contributed by atoms with E-state index in [4.69, 9.17) is 16.3 Å². The molecule has 6 heteroatoms. The summed E-state index contributed by atoms with van der Waals surface area (Å²) in [6, 6.07) is 15.1. The third kappa shape index (κ3) is 5.36. The number of aromatic amines is 1. The maximum Gasteiger partial charge on any atom is 0.306 e. The van der Waals surface area contributed by atoms with Gasteiger partial charge in [0.25, 0.3) is 5.91 Å². The van der Waals surface area contributed by atoms with Gasteiger partial charge in [-0.3, -0.25) is 9.59 Å². The van der Waals surface area contributed by atoms with Crippen LogP contribution in [0, 0.1) is 0 Å². The van der Waals surface area contributed by atoms with E-state index < -0.39 is 0 Å². The van der Waals surface area contributed by atoms with Crippen LogP contribution in [-0.4, -0.2) is 23.5 Å². The van der Waals surface area contributed by atoms with Crippen molar-refractivity contribution in [3.8, 4) is 0 Å². The number of H-pyrrole nitrogens is 1. The van der Waals surface area contributed by atoms with Gasteiger partial charge in [-0.25, -0.2) is 0 Å². The van der Waals surface area contributed by atoms with Gasteiger partial charge in [0.2, 0.25) is 0 Å². The van der Waals surface area contributed by atoms with Crippen molar-refractivity contribution in [1.82, 2.24) is 10.3 Å². The van der Waals surface area contributed by atoms with E-state index in [1.54, 1.807) is 12.1 Å². The maximum absolute atomic E-state index is 12.0. The summed E-state index contributed by atoms with van der Waals surface area (Å²) in [5, 5.41) is 4.62. The molecule has 0 saturated heterocycles. The molecule has 3 rings (SSSR count). The van der Waals surface area contributed by atoms with Gasteiger partial charge in [0.1, 0.15) is 0 Å². The first-order valence-corrected chi connectivity index (χ1v) is 9.66. The second-order valence-electron chi connectivity index (χ2n) is 6.71. The Hall–Kier alpha value is -2.79. The summed E-state index contributed by atoms with van der Waals surface area (Å²) in [5.74, 6) is -0.693. The van der Waals surface area contributed by atoms with Crippen molar-refractivity contribution < 1.29 is 14.3 Å². The molecule has 0 unspecified atom stereocenters. The first-order valence-electron chi connectivity index (χ1n) is 9.28. The molecule has 5 nitrogen and oxygen atoms in total. The van der Waals surface area contributed by atoms with Crippen molar-refractivity contribution in [2.45, 2.75) is 32.2 Å². The van der Waals surface area contributed by atoms with E-state index in [1.807, 2.05) is 43.5 Å². The number of hydrogen-bond donors (Lipinski definition) is 2. The fraction of sp³-hybridized carbons (Fsp3) is 0.273. The number of halogens is 1. The molecule has 1 amide bonds. The Bertz CT molecular complexity index is 950. The molecule has 1 heterocycles. The highest BCUT2D eigenvalue weighted by molar-refractivity contribution is 6.30. The monoisotopic (exact) mass is 398 g/mol. The molecule has 0 spiro atoms. The quantitative estimate of drug-likeness (QED) is 0.546. The van der Waals surface area contributed by atoms with Crippen LogP contribution in [0.4, 0.5) is 0 Å². The summed E-state index contributed by atoms with van der Waals surface area (Å²) in [5.41, 5.74) is 3.20. The summed E-state index contributed by atoms with van der Waals surface area (Å²) < 4.78 is 5.09. The fourth-order valence-corrected chi connectivity index (χ4v) is 3.22. The van der Waals surface area contributed by atoms with Crippen molar-refractivity contribution in [2.24, 2.45) is 0 Å². The van der Waals surface area contributed by atoms with Crippen LogP contribution in [0.2, 0.25) is 5.02 Å². The third-order valence-electron chi connectivity index (χ3n) is 4.61. The second kappa shape index (κ2) is 9.42. The minimum atomic E-state index is -0.367. The lowest BCUT2D eigenvalue weighted by Crippen LogP contribution is -2.31. The summed E-state index contributed by atoms with van der Waals surface area (Å²) in [4.78, 5) is 27.1. The van der Waals surface area contributed by atoms with Crippen LogP contribution in [-0.2, 0) is 20.7 Å². The standard InChI is InChI=1S/C22H23ClN2O3/c1-15(16-9-11-18(23)12-10-16)25-21(26)14-28-22(27)8-4-5-17-13-24-20-7-3-2-6-19(17)20/h2-3,6-7,9-13,15,24H,4-5,8,14H2,1H3,(H,25,26)/t15-/m1/s1. The minimum absolute atomic E-state index is 0.189. The Labute approximate surface area is 169 Å². The number of rotatable bonds is 8. The highest BCUT2D eigenvalue weighted by atomic mass is 35.5. The number of carbonyl (C=O) groups excluding carboxylic acids is 2. The zero-order valence-corrected chi connectivity index (χ0v) is 16.5. The molecular weight excluding hydrogens is 376 g/mol. The number of para-hydroxylation sites is 1. The van der Waals surface area contributed by atoms with Gasteiger partial charge in [0.05, 0.1) is 6.04 Å². The lowest BCUT2D eigenvalue weighted by molar-refractivity contribution is -0.148.